The van der Waals surface area contributed by atoms with Crippen molar-refractivity contribution in [2.45, 2.75) is 20.0 Å². The standard InChI is InChI=1S/C23H18Cl2N6OS/c1-14-18-11-20(33-23(18)31(28-14)12-15-5-6-16(24)10-19(15)25)22(32)27-21-7-9-30(29-21)13-17-4-2-3-8-26-17/h2-11H,12-13H2,1H3,(H,27,29,32). The van der Waals surface area contributed by atoms with Crippen LogP contribution in [0.15, 0.2) is 60.9 Å². The molecule has 166 valence electrons. The molecule has 5 rings (SSSR count). The van der Waals surface area contributed by atoms with Gasteiger partial charge in [-0.25, -0.2) is 0 Å². The third-order valence-corrected chi connectivity index (χ3v) is 6.83. The zero-order valence-corrected chi connectivity index (χ0v) is 19.8. The number of pyridine rings is 1. The maximum absolute atomic E-state index is 12.9. The first kappa shape index (κ1) is 21.6. The largest absolute Gasteiger partial charge is 0.304 e. The van der Waals surface area contributed by atoms with Gasteiger partial charge in [0, 0.05) is 33.9 Å². The Morgan fingerprint density at radius 1 is 1.09 bits per heavy atom. The van der Waals surface area contributed by atoms with Crippen LogP contribution in [-0.4, -0.2) is 30.5 Å². The molecule has 0 aliphatic rings. The molecule has 0 saturated carbocycles. The van der Waals surface area contributed by atoms with E-state index in [1.165, 1.54) is 11.3 Å². The van der Waals surface area contributed by atoms with Crippen LogP contribution < -0.4 is 5.32 Å². The summed E-state index contributed by atoms with van der Waals surface area (Å²) in [6.45, 7) is 2.94. The van der Waals surface area contributed by atoms with Gasteiger partial charge in [-0.2, -0.15) is 10.2 Å². The van der Waals surface area contributed by atoms with Crippen molar-refractivity contribution in [3.63, 3.8) is 0 Å². The van der Waals surface area contributed by atoms with Crippen molar-refractivity contribution in [1.82, 2.24) is 24.5 Å². The fraction of sp³-hybridized carbons (Fsp3) is 0.130. The van der Waals surface area contributed by atoms with E-state index in [1.807, 2.05) is 48.1 Å². The van der Waals surface area contributed by atoms with Crippen molar-refractivity contribution in [2.75, 3.05) is 5.32 Å². The van der Waals surface area contributed by atoms with Crippen LogP contribution in [0.5, 0.6) is 0 Å². The molecule has 10 heteroatoms. The number of fused-ring (bicyclic) bond motifs is 1. The highest BCUT2D eigenvalue weighted by Crippen LogP contribution is 2.30. The monoisotopic (exact) mass is 496 g/mol. The first-order valence-corrected chi connectivity index (χ1v) is 11.7. The molecule has 0 radical (unpaired) electrons. The van der Waals surface area contributed by atoms with Gasteiger partial charge >= 0.3 is 0 Å². The van der Waals surface area contributed by atoms with Crippen LogP contribution in [0.2, 0.25) is 10.0 Å². The Bertz CT molecular complexity index is 1460. The lowest BCUT2D eigenvalue weighted by Gasteiger charge is -2.06. The maximum atomic E-state index is 12.9. The maximum Gasteiger partial charge on any atom is 0.267 e. The van der Waals surface area contributed by atoms with Crippen molar-refractivity contribution in [1.29, 1.82) is 0 Å². The number of nitrogens with one attached hydrogen (secondary N) is 1. The molecule has 0 bridgehead atoms. The molecule has 7 nitrogen and oxygen atoms in total. The average molecular weight is 497 g/mol. The quantitative estimate of drug-likeness (QED) is 0.329. The number of hydrogen-bond donors (Lipinski definition) is 1. The van der Waals surface area contributed by atoms with Gasteiger partial charge in [-0.15, -0.1) is 11.3 Å². The Morgan fingerprint density at radius 2 is 1.97 bits per heavy atom. The number of carbonyl (C=O) groups excluding carboxylic acids is 1. The number of rotatable bonds is 6. The third-order valence-electron chi connectivity index (χ3n) is 5.10. The highest BCUT2D eigenvalue weighted by atomic mass is 35.5. The van der Waals surface area contributed by atoms with Crippen molar-refractivity contribution in [2.24, 2.45) is 0 Å². The highest BCUT2D eigenvalue weighted by molar-refractivity contribution is 7.20. The molecule has 4 aromatic heterocycles. The Labute approximate surface area is 203 Å². The van der Waals surface area contributed by atoms with E-state index in [4.69, 9.17) is 23.2 Å². The van der Waals surface area contributed by atoms with Crippen molar-refractivity contribution in [3.05, 3.63) is 92.8 Å². The van der Waals surface area contributed by atoms with E-state index in [2.05, 4.69) is 20.5 Å². The van der Waals surface area contributed by atoms with E-state index >= 15 is 0 Å². The first-order chi connectivity index (χ1) is 16.0. The Hall–Kier alpha value is -3.20. The van der Waals surface area contributed by atoms with E-state index in [0.29, 0.717) is 33.8 Å². The van der Waals surface area contributed by atoms with Gasteiger partial charge in [-0.05, 0) is 42.8 Å². The van der Waals surface area contributed by atoms with Crippen molar-refractivity contribution < 1.29 is 4.79 Å². The van der Waals surface area contributed by atoms with E-state index in [-0.39, 0.29) is 5.91 Å². The lowest BCUT2D eigenvalue weighted by atomic mass is 10.2. The number of nitrogens with zero attached hydrogens (tertiary/aromatic N) is 5. The summed E-state index contributed by atoms with van der Waals surface area (Å²) in [7, 11) is 0. The number of benzene rings is 1. The number of amides is 1. The van der Waals surface area contributed by atoms with Gasteiger partial charge in [-0.3, -0.25) is 19.1 Å². The van der Waals surface area contributed by atoms with Gasteiger partial charge in [0.2, 0.25) is 0 Å². The Morgan fingerprint density at radius 3 is 2.76 bits per heavy atom. The minimum atomic E-state index is -0.213. The van der Waals surface area contributed by atoms with E-state index in [0.717, 1.165) is 27.2 Å². The van der Waals surface area contributed by atoms with Crippen LogP contribution in [0.1, 0.15) is 26.6 Å². The van der Waals surface area contributed by atoms with Gasteiger partial charge < -0.3 is 5.32 Å². The fourth-order valence-electron chi connectivity index (χ4n) is 3.49. The fourth-order valence-corrected chi connectivity index (χ4v) is 5.02. The molecule has 0 atom stereocenters. The van der Waals surface area contributed by atoms with E-state index < -0.39 is 0 Å². The highest BCUT2D eigenvalue weighted by Gasteiger charge is 2.18. The van der Waals surface area contributed by atoms with Crippen LogP contribution in [0, 0.1) is 6.92 Å². The second-order valence-corrected chi connectivity index (χ2v) is 9.36. The summed E-state index contributed by atoms with van der Waals surface area (Å²) in [4.78, 5) is 18.7. The number of aromatic nitrogens is 5. The SMILES string of the molecule is Cc1nn(Cc2ccc(Cl)cc2Cl)c2sc(C(=O)Nc3ccn(Cc4ccccn4)n3)cc12. The van der Waals surface area contributed by atoms with Gasteiger partial charge in [0.1, 0.15) is 4.83 Å². The van der Waals surface area contributed by atoms with Crippen molar-refractivity contribution in [3.8, 4) is 0 Å². The molecular weight excluding hydrogens is 479 g/mol. The molecule has 0 spiro atoms. The number of anilines is 1. The van der Waals surface area contributed by atoms with Crippen LogP contribution in [0.4, 0.5) is 5.82 Å². The molecule has 0 aliphatic carbocycles. The predicted molar refractivity (Wildman–Crippen MR) is 131 cm³/mol. The van der Waals surface area contributed by atoms with E-state index in [9.17, 15) is 4.79 Å². The summed E-state index contributed by atoms with van der Waals surface area (Å²) in [5, 5.41) is 14.0. The molecule has 0 fully saturated rings. The minimum Gasteiger partial charge on any atom is -0.304 e. The van der Waals surface area contributed by atoms with Gasteiger partial charge in [0.25, 0.3) is 5.91 Å². The smallest absolute Gasteiger partial charge is 0.267 e. The lowest BCUT2D eigenvalue weighted by molar-refractivity contribution is 0.103. The van der Waals surface area contributed by atoms with Gasteiger partial charge in [0.15, 0.2) is 5.82 Å². The van der Waals surface area contributed by atoms with Crippen LogP contribution in [0.3, 0.4) is 0 Å². The predicted octanol–water partition coefficient (Wildman–Crippen LogP) is 5.65. The topological polar surface area (TPSA) is 77.6 Å². The Kier molecular flexibility index (Phi) is 5.88. The molecule has 1 amide bonds. The van der Waals surface area contributed by atoms with E-state index in [1.54, 1.807) is 29.1 Å². The summed E-state index contributed by atoms with van der Waals surface area (Å²) >= 11 is 13.7. The molecule has 33 heavy (non-hydrogen) atoms. The molecular formula is C23H18Cl2N6OS. The summed E-state index contributed by atoms with van der Waals surface area (Å²) in [6.07, 6.45) is 3.56. The molecule has 1 N–H and O–H groups in total. The molecule has 4 heterocycles. The van der Waals surface area contributed by atoms with Gasteiger partial charge in [0.05, 0.1) is 29.4 Å². The lowest BCUT2D eigenvalue weighted by Crippen LogP contribution is -2.11. The summed E-state index contributed by atoms with van der Waals surface area (Å²) in [5.41, 5.74) is 2.65. The average Bonchev–Trinajstić information content (AvgIpc) is 3.49. The third kappa shape index (κ3) is 4.64. The zero-order valence-electron chi connectivity index (χ0n) is 17.5. The van der Waals surface area contributed by atoms with Crippen LogP contribution in [-0.2, 0) is 13.1 Å². The van der Waals surface area contributed by atoms with Crippen molar-refractivity contribution >= 4 is 56.5 Å². The molecule has 0 aliphatic heterocycles. The summed E-state index contributed by atoms with van der Waals surface area (Å²) < 4.78 is 3.60. The van der Waals surface area contributed by atoms with Crippen LogP contribution >= 0.6 is 34.5 Å². The van der Waals surface area contributed by atoms with Crippen LogP contribution in [0.25, 0.3) is 10.2 Å². The number of thiophene rings is 1. The zero-order chi connectivity index (χ0) is 22.9. The summed E-state index contributed by atoms with van der Waals surface area (Å²) in [6, 6.07) is 14.8. The normalized spacial score (nSPS) is 11.2. The second kappa shape index (κ2) is 8.97. The van der Waals surface area contributed by atoms with Gasteiger partial charge in [-0.1, -0.05) is 35.3 Å². The molecule has 5 aromatic rings. The Balaban J connectivity index is 1.34. The first-order valence-electron chi connectivity index (χ1n) is 10.1. The number of aryl methyl sites for hydroxylation is 1. The molecule has 0 unspecified atom stereocenters. The summed E-state index contributed by atoms with van der Waals surface area (Å²) in [5.74, 6) is 0.273. The number of carbonyl (C=O) groups is 1. The molecule has 1 aromatic carbocycles. The molecule has 0 saturated heterocycles. The number of halogens is 2. The number of hydrogen-bond acceptors (Lipinski definition) is 5. The minimum absolute atomic E-state index is 0.213. The second-order valence-electron chi connectivity index (χ2n) is 7.48.